The average molecular weight is 385 g/mol. The first kappa shape index (κ1) is 18.3. The van der Waals surface area contributed by atoms with Crippen molar-refractivity contribution in [3.8, 4) is 0 Å². The molecule has 0 unspecified atom stereocenters. The molecule has 0 radical (unpaired) electrons. The highest BCUT2D eigenvalue weighted by Gasteiger charge is 2.38. The first-order valence-corrected chi connectivity index (χ1v) is 9.94. The zero-order valence-corrected chi connectivity index (χ0v) is 16.3. The summed E-state index contributed by atoms with van der Waals surface area (Å²) in [6.07, 6.45) is 0. The maximum Gasteiger partial charge on any atom is 0.251 e. The number of hydrogen-bond donors (Lipinski definition) is 1. The maximum absolute atomic E-state index is 12.1. The Morgan fingerprint density at radius 2 is 1.18 bits per heavy atom. The van der Waals surface area contributed by atoms with Crippen LogP contribution in [0.15, 0.2) is 107 Å². The van der Waals surface area contributed by atoms with Crippen LogP contribution >= 0.6 is 11.8 Å². The Balaban J connectivity index is 2.02. The number of benzene rings is 3. The smallest absolute Gasteiger partial charge is 0.251 e. The number of H-pyrrole nitrogens is 1. The van der Waals surface area contributed by atoms with Gasteiger partial charge in [0.15, 0.2) is 5.16 Å². The molecule has 0 fully saturated rings. The molecule has 0 saturated heterocycles. The van der Waals surface area contributed by atoms with E-state index in [-0.39, 0.29) is 5.56 Å². The number of hydrogen-bond acceptors (Lipinski definition) is 3. The van der Waals surface area contributed by atoms with E-state index >= 15 is 0 Å². The summed E-state index contributed by atoms with van der Waals surface area (Å²) in [6.45, 7) is 1.84. The first-order valence-electron chi connectivity index (χ1n) is 9.12. The summed E-state index contributed by atoms with van der Waals surface area (Å²) in [7, 11) is 0. The van der Waals surface area contributed by atoms with Crippen molar-refractivity contribution >= 4 is 11.8 Å². The SMILES string of the molecule is Cc1cc(=O)[nH]c(SC(c2ccccc2)(c2ccccc2)c2ccccc2)n1. The summed E-state index contributed by atoms with van der Waals surface area (Å²) in [4.78, 5) is 19.6. The lowest BCUT2D eigenvalue weighted by Gasteiger charge is -2.34. The lowest BCUT2D eigenvalue weighted by molar-refractivity contribution is 0.853. The summed E-state index contributed by atoms with van der Waals surface area (Å²) in [5.41, 5.74) is 3.94. The van der Waals surface area contributed by atoms with Gasteiger partial charge in [-0.2, -0.15) is 0 Å². The number of nitrogens with zero attached hydrogens (tertiary/aromatic N) is 1. The van der Waals surface area contributed by atoms with Gasteiger partial charge in [-0.1, -0.05) is 103 Å². The molecule has 0 bridgehead atoms. The fourth-order valence-electron chi connectivity index (χ4n) is 3.44. The van der Waals surface area contributed by atoms with Crippen LogP contribution in [-0.2, 0) is 4.75 Å². The summed E-state index contributed by atoms with van der Waals surface area (Å²) in [5, 5.41) is 0.599. The minimum atomic E-state index is -0.548. The van der Waals surface area contributed by atoms with Crippen molar-refractivity contribution in [2.24, 2.45) is 0 Å². The molecule has 0 atom stereocenters. The number of aromatic amines is 1. The van der Waals surface area contributed by atoms with Gasteiger partial charge in [-0.15, -0.1) is 0 Å². The largest absolute Gasteiger partial charge is 0.301 e. The van der Waals surface area contributed by atoms with E-state index in [1.54, 1.807) is 11.8 Å². The van der Waals surface area contributed by atoms with E-state index in [1.807, 2.05) is 61.5 Å². The molecule has 0 aliphatic rings. The number of nitrogens with one attached hydrogen (secondary N) is 1. The van der Waals surface area contributed by atoms with Crippen LogP contribution in [0.5, 0.6) is 0 Å². The van der Waals surface area contributed by atoms with E-state index in [2.05, 4.69) is 46.4 Å². The van der Waals surface area contributed by atoms with Gasteiger partial charge in [-0.05, 0) is 23.6 Å². The van der Waals surface area contributed by atoms with Gasteiger partial charge >= 0.3 is 0 Å². The minimum Gasteiger partial charge on any atom is -0.301 e. The third-order valence-electron chi connectivity index (χ3n) is 4.64. The minimum absolute atomic E-state index is 0.141. The Kier molecular flexibility index (Phi) is 5.13. The fraction of sp³-hybridized carbons (Fsp3) is 0.0833. The quantitative estimate of drug-likeness (QED) is 0.294. The number of thioether (sulfide) groups is 1. The normalized spacial score (nSPS) is 11.3. The highest BCUT2D eigenvalue weighted by molar-refractivity contribution is 8.00. The molecular weight excluding hydrogens is 364 g/mol. The Morgan fingerprint density at radius 3 is 1.57 bits per heavy atom. The van der Waals surface area contributed by atoms with Crippen molar-refractivity contribution in [3.05, 3.63) is 130 Å². The molecule has 4 aromatic rings. The summed E-state index contributed by atoms with van der Waals surface area (Å²) in [6, 6.07) is 32.6. The van der Waals surface area contributed by atoms with E-state index in [9.17, 15) is 4.79 Å². The Labute approximate surface area is 168 Å². The molecule has 138 valence electrons. The van der Waals surface area contributed by atoms with E-state index in [0.717, 1.165) is 16.7 Å². The Bertz CT molecular complexity index is 1010. The summed E-state index contributed by atoms with van der Waals surface area (Å²) in [5.74, 6) is 0. The number of aryl methyl sites for hydroxylation is 1. The van der Waals surface area contributed by atoms with Crippen LogP contribution in [0.2, 0.25) is 0 Å². The molecule has 0 aliphatic heterocycles. The van der Waals surface area contributed by atoms with Gasteiger partial charge in [0.25, 0.3) is 5.56 Å². The van der Waals surface area contributed by atoms with Crippen molar-refractivity contribution in [1.82, 2.24) is 9.97 Å². The van der Waals surface area contributed by atoms with Crippen molar-refractivity contribution in [2.45, 2.75) is 16.8 Å². The molecule has 4 rings (SSSR count). The molecule has 4 heteroatoms. The number of rotatable bonds is 5. The second-order valence-corrected chi connectivity index (χ2v) is 7.78. The first-order chi connectivity index (χ1) is 13.7. The monoisotopic (exact) mass is 384 g/mol. The molecule has 1 heterocycles. The van der Waals surface area contributed by atoms with Crippen LogP contribution in [0.25, 0.3) is 0 Å². The second-order valence-electron chi connectivity index (χ2n) is 6.57. The zero-order chi connectivity index (χ0) is 19.4. The van der Waals surface area contributed by atoms with Gasteiger partial charge in [-0.25, -0.2) is 4.98 Å². The third kappa shape index (κ3) is 3.51. The van der Waals surface area contributed by atoms with Crippen LogP contribution in [0.3, 0.4) is 0 Å². The van der Waals surface area contributed by atoms with Gasteiger partial charge in [-0.3, -0.25) is 4.79 Å². The van der Waals surface area contributed by atoms with Crippen LogP contribution in [0.1, 0.15) is 22.4 Å². The van der Waals surface area contributed by atoms with Crippen molar-refractivity contribution < 1.29 is 0 Å². The van der Waals surface area contributed by atoms with Crippen LogP contribution < -0.4 is 5.56 Å². The second kappa shape index (κ2) is 7.87. The molecule has 0 aliphatic carbocycles. The van der Waals surface area contributed by atoms with E-state index < -0.39 is 4.75 Å². The van der Waals surface area contributed by atoms with Crippen LogP contribution in [-0.4, -0.2) is 9.97 Å². The van der Waals surface area contributed by atoms with Crippen molar-refractivity contribution in [1.29, 1.82) is 0 Å². The number of aromatic nitrogens is 2. The molecule has 0 spiro atoms. The molecule has 1 aromatic heterocycles. The van der Waals surface area contributed by atoms with Gasteiger partial charge in [0.1, 0.15) is 0 Å². The third-order valence-corrected chi connectivity index (χ3v) is 6.04. The van der Waals surface area contributed by atoms with Crippen LogP contribution in [0, 0.1) is 6.92 Å². The Morgan fingerprint density at radius 1 is 0.750 bits per heavy atom. The molecule has 28 heavy (non-hydrogen) atoms. The standard InChI is InChI=1S/C24H20N2OS/c1-18-17-22(27)26-23(25-18)28-24(19-11-5-2-6-12-19,20-13-7-3-8-14-20)21-15-9-4-10-16-21/h2-17H,1H3,(H,25,26,27). The molecule has 1 N–H and O–H groups in total. The summed E-state index contributed by atoms with van der Waals surface area (Å²) >= 11 is 1.56. The zero-order valence-electron chi connectivity index (χ0n) is 15.5. The van der Waals surface area contributed by atoms with Crippen molar-refractivity contribution in [3.63, 3.8) is 0 Å². The van der Waals surface area contributed by atoms with E-state index in [4.69, 9.17) is 0 Å². The predicted molar refractivity (Wildman–Crippen MR) is 115 cm³/mol. The molecular formula is C24H20N2OS. The Hall–Kier alpha value is -3.11. The lowest BCUT2D eigenvalue weighted by Crippen LogP contribution is -2.26. The van der Waals surface area contributed by atoms with Crippen molar-refractivity contribution in [2.75, 3.05) is 0 Å². The molecule has 0 saturated carbocycles. The predicted octanol–water partition coefficient (Wildman–Crippen LogP) is 5.16. The van der Waals surface area contributed by atoms with E-state index in [1.165, 1.54) is 6.07 Å². The van der Waals surface area contributed by atoms with Gasteiger partial charge in [0.05, 0.1) is 4.75 Å². The maximum atomic E-state index is 12.1. The van der Waals surface area contributed by atoms with Gasteiger partial charge in [0.2, 0.25) is 0 Å². The average Bonchev–Trinajstić information content (AvgIpc) is 2.73. The highest BCUT2D eigenvalue weighted by atomic mass is 32.2. The molecule has 3 nitrogen and oxygen atoms in total. The lowest BCUT2D eigenvalue weighted by atomic mass is 9.84. The molecule has 0 amide bonds. The van der Waals surface area contributed by atoms with Crippen LogP contribution in [0.4, 0.5) is 0 Å². The van der Waals surface area contributed by atoms with E-state index in [0.29, 0.717) is 10.9 Å². The highest BCUT2D eigenvalue weighted by Crippen LogP contribution is 2.50. The van der Waals surface area contributed by atoms with Gasteiger partial charge in [0, 0.05) is 11.8 Å². The van der Waals surface area contributed by atoms with Gasteiger partial charge < -0.3 is 4.98 Å². The molecule has 3 aromatic carbocycles. The summed E-state index contributed by atoms with van der Waals surface area (Å²) < 4.78 is -0.548. The topological polar surface area (TPSA) is 45.8 Å². The fourth-order valence-corrected chi connectivity index (χ4v) is 4.83.